The molecule has 0 fully saturated rings. The second kappa shape index (κ2) is 5.58. The minimum atomic E-state index is 0.0357. The van der Waals surface area contributed by atoms with E-state index in [2.05, 4.69) is 6.07 Å². The number of phenols is 1. The van der Waals surface area contributed by atoms with Crippen molar-refractivity contribution in [3.05, 3.63) is 60.7 Å². The van der Waals surface area contributed by atoms with E-state index in [1.54, 1.807) is 12.1 Å². The number of rotatable bonds is 3. The fraction of sp³-hybridized carbons (Fsp3) is 0.100. The third kappa shape index (κ3) is 2.04. The molecule has 0 saturated carbocycles. The summed E-state index contributed by atoms with van der Waals surface area (Å²) >= 11 is 0. The van der Waals surface area contributed by atoms with E-state index >= 15 is 0 Å². The Morgan fingerprint density at radius 3 is 2.38 bits per heavy atom. The van der Waals surface area contributed by atoms with E-state index in [0.717, 1.165) is 27.4 Å². The van der Waals surface area contributed by atoms with Gasteiger partial charge in [-0.3, -0.25) is 0 Å². The third-order valence-electron chi connectivity index (χ3n) is 4.49. The minimum absolute atomic E-state index is 0.0357. The van der Waals surface area contributed by atoms with Crippen LogP contribution in [0, 0.1) is 0 Å². The van der Waals surface area contributed by atoms with E-state index in [4.69, 9.17) is 5.73 Å². The Balaban J connectivity index is 2.11. The van der Waals surface area contributed by atoms with Crippen LogP contribution in [0.5, 0.6) is 5.75 Å². The number of aliphatic hydroxyl groups excluding tert-OH is 1. The number of benzene rings is 3. The Bertz CT molecular complexity index is 1050. The highest BCUT2D eigenvalue weighted by molar-refractivity contribution is 6.14. The first kappa shape index (κ1) is 14.6. The van der Waals surface area contributed by atoms with Crippen molar-refractivity contribution in [2.75, 3.05) is 12.3 Å². The number of aliphatic hydroxyl groups is 1. The van der Waals surface area contributed by atoms with Gasteiger partial charge in [-0.1, -0.05) is 48.5 Å². The van der Waals surface area contributed by atoms with E-state index in [1.807, 2.05) is 47.0 Å². The average molecular weight is 318 g/mol. The Morgan fingerprint density at radius 2 is 1.58 bits per heavy atom. The van der Waals surface area contributed by atoms with Crippen molar-refractivity contribution in [3.63, 3.8) is 0 Å². The van der Waals surface area contributed by atoms with Gasteiger partial charge in [0.25, 0.3) is 0 Å². The zero-order valence-corrected chi connectivity index (χ0v) is 13.1. The molecule has 120 valence electrons. The molecule has 1 aromatic heterocycles. The van der Waals surface area contributed by atoms with Gasteiger partial charge >= 0.3 is 0 Å². The van der Waals surface area contributed by atoms with Gasteiger partial charge in [0.2, 0.25) is 0 Å². The lowest BCUT2D eigenvalue weighted by molar-refractivity contribution is 0.280. The summed E-state index contributed by atoms with van der Waals surface area (Å²) in [6.07, 6.45) is 0. The number of phenolic OH excluding ortho intramolecular Hbond substituents is 1. The van der Waals surface area contributed by atoms with Crippen molar-refractivity contribution in [3.8, 4) is 16.9 Å². The summed E-state index contributed by atoms with van der Waals surface area (Å²) in [6.45, 7) is 0.506. The molecular formula is C20H18N2O2. The first-order chi connectivity index (χ1) is 11.7. The molecule has 3 aromatic carbocycles. The summed E-state index contributed by atoms with van der Waals surface area (Å²) in [5.41, 5.74) is 10.6. The SMILES string of the molecule is Nc1c(-c2ccccc2O)ccc2c3ccccc3n(CCO)c12. The number of anilines is 1. The summed E-state index contributed by atoms with van der Waals surface area (Å²) in [7, 11) is 0. The molecule has 0 bridgehead atoms. The van der Waals surface area contributed by atoms with Gasteiger partial charge < -0.3 is 20.5 Å². The monoisotopic (exact) mass is 318 g/mol. The lowest BCUT2D eigenvalue weighted by Gasteiger charge is -2.12. The molecule has 0 unspecified atom stereocenters. The standard InChI is InChI=1S/C20H18N2O2/c21-19-15(14-6-2-4-8-18(14)24)9-10-16-13-5-1-3-7-17(13)22(11-12-23)20(16)19/h1-10,23-24H,11-12,21H2. The van der Waals surface area contributed by atoms with Crippen LogP contribution < -0.4 is 5.73 Å². The molecule has 4 nitrogen and oxygen atoms in total. The van der Waals surface area contributed by atoms with Crippen molar-refractivity contribution in [2.45, 2.75) is 6.54 Å². The maximum absolute atomic E-state index is 10.2. The highest BCUT2D eigenvalue weighted by Crippen LogP contribution is 2.40. The van der Waals surface area contributed by atoms with Gasteiger partial charge in [0.15, 0.2) is 0 Å². The van der Waals surface area contributed by atoms with Crippen LogP contribution in [0.15, 0.2) is 60.7 Å². The summed E-state index contributed by atoms with van der Waals surface area (Å²) in [5, 5.41) is 21.8. The van der Waals surface area contributed by atoms with E-state index in [9.17, 15) is 10.2 Å². The summed E-state index contributed by atoms with van der Waals surface area (Å²) in [4.78, 5) is 0. The summed E-state index contributed by atoms with van der Waals surface area (Å²) < 4.78 is 2.05. The number of hydrogen-bond acceptors (Lipinski definition) is 3. The Hall–Kier alpha value is -2.98. The Morgan fingerprint density at radius 1 is 0.833 bits per heavy atom. The van der Waals surface area contributed by atoms with E-state index in [1.165, 1.54) is 0 Å². The van der Waals surface area contributed by atoms with Crippen LogP contribution in [0.3, 0.4) is 0 Å². The fourth-order valence-corrected chi connectivity index (χ4v) is 3.44. The molecule has 0 aliphatic rings. The van der Waals surface area contributed by atoms with Crippen molar-refractivity contribution >= 4 is 27.5 Å². The van der Waals surface area contributed by atoms with Crippen molar-refractivity contribution in [1.29, 1.82) is 0 Å². The zero-order valence-electron chi connectivity index (χ0n) is 13.1. The number of nitrogens with two attached hydrogens (primary N) is 1. The number of fused-ring (bicyclic) bond motifs is 3. The van der Waals surface area contributed by atoms with Crippen molar-refractivity contribution in [2.24, 2.45) is 0 Å². The lowest BCUT2D eigenvalue weighted by atomic mass is 10.0. The normalized spacial score (nSPS) is 11.4. The molecule has 4 aromatic rings. The molecule has 0 saturated heterocycles. The van der Waals surface area contributed by atoms with Gasteiger partial charge in [-0.25, -0.2) is 0 Å². The van der Waals surface area contributed by atoms with Crippen LogP contribution in [-0.4, -0.2) is 21.4 Å². The largest absolute Gasteiger partial charge is 0.507 e. The number of hydrogen-bond donors (Lipinski definition) is 3. The molecule has 0 aliphatic heterocycles. The van der Waals surface area contributed by atoms with Crippen molar-refractivity contribution < 1.29 is 10.2 Å². The van der Waals surface area contributed by atoms with Gasteiger partial charge in [0, 0.05) is 34.0 Å². The molecule has 4 rings (SSSR count). The molecular weight excluding hydrogens is 300 g/mol. The highest BCUT2D eigenvalue weighted by Gasteiger charge is 2.16. The second-order valence-corrected chi connectivity index (χ2v) is 5.83. The Kier molecular flexibility index (Phi) is 3.40. The number of nitrogen functional groups attached to an aromatic ring is 1. The van der Waals surface area contributed by atoms with Gasteiger partial charge in [-0.05, 0) is 12.1 Å². The molecule has 1 heterocycles. The maximum atomic E-state index is 10.2. The predicted molar refractivity (Wildman–Crippen MR) is 98.0 cm³/mol. The first-order valence-corrected chi connectivity index (χ1v) is 7.91. The van der Waals surface area contributed by atoms with E-state index in [-0.39, 0.29) is 12.4 Å². The number of nitrogens with zero attached hydrogens (tertiary/aromatic N) is 1. The first-order valence-electron chi connectivity index (χ1n) is 7.91. The second-order valence-electron chi connectivity index (χ2n) is 5.83. The summed E-state index contributed by atoms with van der Waals surface area (Å²) in [6, 6.07) is 19.2. The molecule has 0 atom stereocenters. The quantitative estimate of drug-likeness (QED) is 0.504. The van der Waals surface area contributed by atoms with Crippen molar-refractivity contribution in [1.82, 2.24) is 4.57 Å². The Labute approximate surface area is 139 Å². The average Bonchev–Trinajstić information content (AvgIpc) is 2.92. The molecule has 0 spiro atoms. The van der Waals surface area contributed by atoms with Gasteiger partial charge in [-0.15, -0.1) is 0 Å². The maximum Gasteiger partial charge on any atom is 0.123 e. The van der Waals surface area contributed by atoms with Gasteiger partial charge in [0.05, 0.1) is 17.8 Å². The lowest BCUT2D eigenvalue weighted by Crippen LogP contribution is -2.04. The van der Waals surface area contributed by atoms with E-state index in [0.29, 0.717) is 17.8 Å². The molecule has 0 amide bonds. The van der Waals surface area contributed by atoms with Crippen LogP contribution >= 0.6 is 0 Å². The van der Waals surface area contributed by atoms with Crippen LogP contribution in [0.2, 0.25) is 0 Å². The van der Waals surface area contributed by atoms with Crippen LogP contribution in [0.25, 0.3) is 32.9 Å². The molecule has 4 heteroatoms. The topological polar surface area (TPSA) is 71.4 Å². The number of aromatic nitrogens is 1. The number of para-hydroxylation sites is 2. The molecule has 24 heavy (non-hydrogen) atoms. The zero-order chi connectivity index (χ0) is 16.7. The van der Waals surface area contributed by atoms with Gasteiger partial charge in [-0.2, -0.15) is 0 Å². The van der Waals surface area contributed by atoms with Crippen LogP contribution in [0.1, 0.15) is 0 Å². The summed E-state index contributed by atoms with van der Waals surface area (Å²) in [5.74, 6) is 0.202. The molecule has 0 radical (unpaired) electrons. The molecule has 4 N–H and O–H groups in total. The number of aromatic hydroxyl groups is 1. The predicted octanol–water partition coefficient (Wildman–Crippen LogP) is 3.74. The van der Waals surface area contributed by atoms with Crippen LogP contribution in [-0.2, 0) is 6.54 Å². The third-order valence-corrected chi connectivity index (χ3v) is 4.49. The van der Waals surface area contributed by atoms with E-state index < -0.39 is 0 Å². The van der Waals surface area contributed by atoms with Crippen LogP contribution in [0.4, 0.5) is 5.69 Å². The fourth-order valence-electron chi connectivity index (χ4n) is 3.44. The minimum Gasteiger partial charge on any atom is -0.507 e. The smallest absolute Gasteiger partial charge is 0.123 e. The highest BCUT2D eigenvalue weighted by atomic mass is 16.3. The molecule has 0 aliphatic carbocycles. The van der Waals surface area contributed by atoms with Gasteiger partial charge in [0.1, 0.15) is 5.75 Å².